The summed E-state index contributed by atoms with van der Waals surface area (Å²) in [5, 5.41) is -1.19. The Kier molecular flexibility index (Phi) is 10.5. The van der Waals surface area contributed by atoms with Crippen molar-refractivity contribution in [1.82, 2.24) is 0 Å². The smallest absolute Gasteiger partial charge is 0.419 e. The molecule has 0 aromatic heterocycles. The number of hydrogen-bond donors (Lipinski definition) is 0. The highest BCUT2D eigenvalue weighted by molar-refractivity contribution is 9.10. The maximum absolute atomic E-state index is 14.1. The molecule has 1 heterocycles. The van der Waals surface area contributed by atoms with Gasteiger partial charge in [0, 0.05) is 21.7 Å². The van der Waals surface area contributed by atoms with E-state index in [1.807, 2.05) is 65.8 Å². The van der Waals surface area contributed by atoms with Gasteiger partial charge in [-0.15, -0.1) is 0 Å². The summed E-state index contributed by atoms with van der Waals surface area (Å²) < 4.78 is 74.5. The van der Waals surface area contributed by atoms with E-state index in [9.17, 15) is 17.7 Å². The van der Waals surface area contributed by atoms with E-state index in [0.717, 1.165) is 16.1 Å². The maximum atomic E-state index is 14.1. The summed E-state index contributed by atoms with van der Waals surface area (Å²) in [5.74, 6) is 0.308. The minimum Gasteiger partial charge on any atom is -0.493 e. The van der Waals surface area contributed by atoms with Crippen LogP contribution in [0, 0.1) is 0 Å². The van der Waals surface area contributed by atoms with Crippen LogP contribution in [-0.2, 0) is 32.8 Å². The van der Waals surface area contributed by atoms with Crippen molar-refractivity contribution in [2.75, 3.05) is 19.8 Å². The predicted molar refractivity (Wildman–Crippen MR) is 163 cm³/mol. The molecule has 0 N–H and O–H groups in total. The Balaban J connectivity index is 1.72. The number of benzene rings is 2. The number of ether oxygens (including phenoxy) is 2. The SMILES string of the molecule is CC1=NC(CCc2ccc(OCCCc3ccc(Br)cc3)c(C(F)(F)F)c2)(COP(=O)(C(C)(C)C)C(C)(C)C)CO1. The average Bonchev–Trinajstić information content (AvgIpc) is 3.24. The van der Waals surface area contributed by atoms with Gasteiger partial charge in [0.05, 0.1) is 18.8 Å². The Bertz CT molecular complexity index is 1250. The number of nitrogens with zero attached hydrogens (tertiary/aromatic N) is 1. The third-order valence-electron chi connectivity index (χ3n) is 7.23. The van der Waals surface area contributed by atoms with Crippen molar-refractivity contribution in [3.63, 3.8) is 0 Å². The molecule has 0 saturated carbocycles. The molecule has 1 unspecified atom stereocenters. The molecular formula is C31H42BrF3NO4P. The monoisotopic (exact) mass is 659 g/mol. The van der Waals surface area contributed by atoms with E-state index in [1.54, 1.807) is 13.0 Å². The standard InChI is InChI=1S/C31H42BrF3NO4P/c1-22-36-30(20-39-22,21-40-41(37,28(2,3)4)29(5,6)7)17-16-24-12-15-27(26(19-24)31(33,34)35)38-18-8-9-23-10-13-25(32)14-11-23/h10-15,19H,8-9,16-18,20-21H2,1-7H3. The summed E-state index contributed by atoms with van der Waals surface area (Å²) in [7, 11) is -3.16. The van der Waals surface area contributed by atoms with Gasteiger partial charge in [-0.3, -0.25) is 4.57 Å². The van der Waals surface area contributed by atoms with Crippen molar-refractivity contribution >= 4 is 29.2 Å². The van der Waals surface area contributed by atoms with E-state index in [4.69, 9.17) is 14.0 Å². The lowest BCUT2D eigenvalue weighted by molar-refractivity contribution is -0.139. The van der Waals surface area contributed by atoms with Crippen LogP contribution in [0.25, 0.3) is 0 Å². The molecule has 0 spiro atoms. The first-order valence-corrected chi connectivity index (χ1v) is 16.3. The van der Waals surface area contributed by atoms with Crippen LogP contribution >= 0.6 is 23.3 Å². The third kappa shape index (κ3) is 8.61. The van der Waals surface area contributed by atoms with Crippen molar-refractivity contribution in [3.05, 3.63) is 63.6 Å². The average molecular weight is 661 g/mol. The van der Waals surface area contributed by atoms with Crippen LogP contribution in [0.4, 0.5) is 13.2 Å². The zero-order chi connectivity index (χ0) is 30.7. The van der Waals surface area contributed by atoms with Gasteiger partial charge in [0.2, 0.25) is 7.37 Å². The molecule has 228 valence electrons. The molecule has 3 rings (SSSR count). The number of aryl methyl sites for hydroxylation is 2. The Morgan fingerprint density at radius 2 is 1.59 bits per heavy atom. The molecule has 1 aliphatic heterocycles. The third-order valence-corrected chi connectivity index (χ3v) is 11.8. The van der Waals surface area contributed by atoms with Crippen molar-refractivity contribution in [2.45, 2.75) is 96.2 Å². The Morgan fingerprint density at radius 3 is 2.12 bits per heavy atom. The van der Waals surface area contributed by atoms with Gasteiger partial charge >= 0.3 is 6.18 Å². The highest BCUT2D eigenvalue weighted by atomic mass is 79.9. The van der Waals surface area contributed by atoms with Gasteiger partial charge in [-0.25, -0.2) is 4.99 Å². The first-order chi connectivity index (χ1) is 18.9. The second-order valence-corrected chi connectivity index (χ2v) is 17.7. The molecule has 10 heteroatoms. The van der Waals surface area contributed by atoms with Gasteiger partial charge in [-0.1, -0.05) is 75.7 Å². The fourth-order valence-electron chi connectivity index (χ4n) is 5.08. The van der Waals surface area contributed by atoms with Crippen LogP contribution in [0.2, 0.25) is 0 Å². The lowest BCUT2D eigenvalue weighted by Gasteiger charge is -2.41. The van der Waals surface area contributed by atoms with E-state index in [0.29, 0.717) is 37.1 Å². The highest BCUT2D eigenvalue weighted by Crippen LogP contribution is 2.67. The van der Waals surface area contributed by atoms with Crippen LogP contribution in [0.15, 0.2) is 51.9 Å². The number of rotatable bonds is 11. The summed E-state index contributed by atoms with van der Waals surface area (Å²) >= 11 is 3.39. The molecule has 0 bridgehead atoms. The second kappa shape index (κ2) is 12.8. The molecule has 0 amide bonds. The number of halogens is 4. The van der Waals surface area contributed by atoms with Gasteiger partial charge in [0.15, 0.2) is 5.90 Å². The summed E-state index contributed by atoms with van der Waals surface area (Å²) in [6.07, 6.45) is -2.58. The molecule has 1 aliphatic rings. The van der Waals surface area contributed by atoms with Crippen molar-refractivity contribution in [1.29, 1.82) is 0 Å². The first-order valence-electron chi connectivity index (χ1n) is 13.9. The topological polar surface area (TPSA) is 57.1 Å². The molecule has 41 heavy (non-hydrogen) atoms. The highest BCUT2D eigenvalue weighted by Gasteiger charge is 2.50. The minimum atomic E-state index is -4.56. The summed E-state index contributed by atoms with van der Waals surface area (Å²) in [6.45, 7) is 13.6. The second-order valence-electron chi connectivity index (χ2n) is 12.7. The molecule has 2 aromatic carbocycles. The lowest BCUT2D eigenvalue weighted by atomic mass is 9.93. The summed E-state index contributed by atoms with van der Waals surface area (Å²) in [5.41, 5.74) is -0.0300. The molecule has 0 fully saturated rings. The fourth-order valence-corrected chi connectivity index (χ4v) is 8.56. The van der Waals surface area contributed by atoms with Crippen molar-refractivity contribution in [3.8, 4) is 5.75 Å². The maximum Gasteiger partial charge on any atom is 0.419 e. The molecule has 1 atom stereocenters. The van der Waals surface area contributed by atoms with Gasteiger partial charge in [0.25, 0.3) is 0 Å². The van der Waals surface area contributed by atoms with Crippen molar-refractivity contribution in [2.24, 2.45) is 4.99 Å². The Hall–Kier alpha value is -1.83. The number of hydrogen-bond acceptors (Lipinski definition) is 5. The molecule has 0 aliphatic carbocycles. The van der Waals surface area contributed by atoms with Gasteiger partial charge in [-0.05, 0) is 61.1 Å². The number of alkyl halides is 3. The molecular weight excluding hydrogens is 618 g/mol. The summed E-state index contributed by atoms with van der Waals surface area (Å²) in [4.78, 5) is 4.67. The van der Waals surface area contributed by atoms with E-state index in [-0.39, 0.29) is 25.6 Å². The zero-order valence-electron chi connectivity index (χ0n) is 25.0. The van der Waals surface area contributed by atoms with Gasteiger partial charge < -0.3 is 14.0 Å². The van der Waals surface area contributed by atoms with E-state index < -0.39 is 35.0 Å². The quantitative estimate of drug-likeness (QED) is 0.178. The molecule has 0 radical (unpaired) electrons. The largest absolute Gasteiger partial charge is 0.493 e. The molecule has 5 nitrogen and oxygen atoms in total. The fraction of sp³-hybridized carbons (Fsp3) is 0.581. The van der Waals surface area contributed by atoms with Gasteiger partial charge in [-0.2, -0.15) is 13.2 Å². The normalized spacial score (nSPS) is 18.3. The van der Waals surface area contributed by atoms with E-state index in [2.05, 4.69) is 20.9 Å². The Labute approximate surface area is 250 Å². The molecule has 2 aromatic rings. The van der Waals surface area contributed by atoms with Crippen LogP contribution in [0.1, 0.15) is 78.0 Å². The number of aliphatic imine (C=N–C) groups is 1. The van der Waals surface area contributed by atoms with Crippen LogP contribution < -0.4 is 4.74 Å². The van der Waals surface area contributed by atoms with Crippen LogP contribution in [0.3, 0.4) is 0 Å². The van der Waals surface area contributed by atoms with Gasteiger partial charge in [0.1, 0.15) is 17.9 Å². The van der Waals surface area contributed by atoms with Crippen LogP contribution in [0.5, 0.6) is 5.75 Å². The summed E-state index contributed by atoms with van der Waals surface area (Å²) in [6, 6.07) is 12.0. The van der Waals surface area contributed by atoms with E-state index in [1.165, 1.54) is 6.07 Å². The zero-order valence-corrected chi connectivity index (χ0v) is 27.5. The molecule has 0 saturated heterocycles. The minimum absolute atomic E-state index is 0.0574. The van der Waals surface area contributed by atoms with E-state index >= 15 is 0 Å². The lowest BCUT2D eigenvalue weighted by Crippen LogP contribution is -2.38. The Morgan fingerprint density at radius 1 is 0.976 bits per heavy atom. The van der Waals surface area contributed by atoms with Crippen LogP contribution in [-0.4, -0.2) is 41.6 Å². The first kappa shape index (κ1) is 33.7. The van der Waals surface area contributed by atoms with Crippen molar-refractivity contribution < 1.29 is 31.7 Å². The predicted octanol–water partition coefficient (Wildman–Crippen LogP) is 9.49.